The summed E-state index contributed by atoms with van der Waals surface area (Å²) < 4.78 is 54.9. The van der Waals surface area contributed by atoms with Crippen LogP contribution in [0.15, 0.2) is 22.7 Å². The summed E-state index contributed by atoms with van der Waals surface area (Å²) in [5, 5.41) is 1.93. The van der Waals surface area contributed by atoms with Gasteiger partial charge in [0.15, 0.2) is 0 Å². The molecule has 8 heteroatoms. The molecule has 0 aromatic heterocycles. The molecule has 1 rings (SSSR count). The Morgan fingerprint density at radius 2 is 2.11 bits per heavy atom. The minimum absolute atomic E-state index is 0.209. The van der Waals surface area contributed by atoms with E-state index in [1.54, 1.807) is 0 Å². The molecule has 0 aliphatic heterocycles. The predicted octanol–water partition coefficient (Wildman–Crippen LogP) is 2.95. The maximum absolute atomic E-state index is 13.7. The third-order valence-electron chi connectivity index (χ3n) is 2.22. The normalized spacial score (nSPS) is 13.2. The molecule has 1 N–H and O–H groups in total. The summed E-state index contributed by atoms with van der Waals surface area (Å²) in [6.45, 7) is -1.43. The quantitative estimate of drug-likeness (QED) is 0.674. The average Bonchev–Trinajstić information content (AvgIpc) is 2.29. The smallest absolute Gasteiger partial charge is 0.401 e. The SMILES string of the molecule is COC(=O)C(NCC(F)(F)F)c1ccc(Br)cc1F. The minimum atomic E-state index is -4.52. The first-order valence-electron chi connectivity index (χ1n) is 5.07. The molecule has 1 aromatic carbocycles. The molecule has 0 aliphatic carbocycles. The first kappa shape index (κ1) is 15.9. The molecule has 1 aromatic rings. The van der Waals surface area contributed by atoms with Crippen LogP contribution in [0.2, 0.25) is 0 Å². The average molecular weight is 344 g/mol. The summed E-state index contributed by atoms with van der Waals surface area (Å²) in [5.74, 6) is -1.80. The monoisotopic (exact) mass is 343 g/mol. The van der Waals surface area contributed by atoms with E-state index in [1.165, 1.54) is 12.1 Å². The van der Waals surface area contributed by atoms with Crippen LogP contribution in [0.25, 0.3) is 0 Å². The summed E-state index contributed by atoms with van der Waals surface area (Å²) >= 11 is 3.01. The molecule has 1 atom stereocenters. The van der Waals surface area contributed by atoms with Crippen LogP contribution in [-0.2, 0) is 9.53 Å². The van der Waals surface area contributed by atoms with Crippen molar-refractivity contribution in [2.24, 2.45) is 0 Å². The molecule has 1 unspecified atom stereocenters. The Morgan fingerprint density at radius 1 is 1.47 bits per heavy atom. The predicted molar refractivity (Wildman–Crippen MR) is 62.9 cm³/mol. The summed E-state index contributed by atoms with van der Waals surface area (Å²) in [6.07, 6.45) is -4.52. The topological polar surface area (TPSA) is 38.3 Å². The number of esters is 1. The number of hydrogen-bond acceptors (Lipinski definition) is 3. The van der Waals surface area contributed by atoms with Gasteiger partial charge in [-0.25, -0.2) is 9.18 Å². The molecule has 0 bridgehead atoms. The zero-order valence-corrected chi connectivity index (χ0v) is 11.3. The van der Waals surface area contributed by atoms with Gasteiger partial charge in [-0.3, -0.25) is 5.32 Å². The third-order valence-corrected chi connectivity index (χ3v) is 2.71. The second-order valence-electron chi connectivity index (χ2n) is 3.62. The highest BCUT2D eigenvalue weighted by molar-refractivity contribution is 9.10. The van der Waals surface area contributed by atoms with Crippen molar-refractivity contribution < 1.29 is 27.1 Å². The van der Waals surface area contributed by atoms with Gasteiger partial charge >= 0.3 is 12.1 Å². The van der Waals surface area contributed by atoms with E-state index in [1.807, 2.05) is 5.32 Å². The number of ether oxygens (including phenoxy) is 1. The van der Waals surface area contributed by atoms with E-state index in [4.69, 9.17) is 0 Å². The Kier molecular flexibility index (Phi) is 5.30. The molecule has 0 spiro atoms. The zero-order chi connectivity index (χ0) is 14.6. The van der Waals surface area contributed by atoms with Crippen molar-refractivity contribution in [3.63, 3.8) is 0 Å². The molecule has 0 radical (unpaired) electrons. The van der Waals surface area contributed by atoms with Gasteiger partial charge in [-0.1, -0.05) is 22.0 Å². The minimum Gasteiger partial charge on any atom is -0.468 e. The van der Waals surface area contributed by atoms with Gasteiger partial charge in [0.2, 0.25) is 0 Å². The van der Waals surface area contributed by atoms with Gasteiger partial charge < -0.3 is 4.74 Å². The Hall–Kier alpha value is -1.15. The molecule has 0 heterocycles. The van der Waals surface area contributed by atoms with Crippen molar-refractivity contribution in [2.45, 2.75) is 12.2 Å². The van der Waals surface area contributed by atoms with Gasteiger partial charge in [-0.2, -0.15) is 13.2 Å². The fourth-order valence-electron chi connectivity index (χ4n) is 1.39. The second-order valence-corrected chi connectivity index (χ2v) is 4.53. The highest BCUT2D eigenvalue weighted by Crippen LogP contribution is 2.23. The Labute approximate surface area is 115 Å². The van der Waals surface area contributed by atoms with Gasteiger partial charge in [0.1, 0.15) is 11.9 Å². The van der Waals surface area contributed by atoms with Crippen molar-refractivity contribution in [1.29, 1.82) is 0 Å². The molecule has 0 amide bonds. The van der Waals surface area contributed by atoms with E-state index in [9.17, 15) is 22.4 Å². The molecular weight excluding hydrogens is 334 g/mol. The van der Waals surface area contributed by atoms with Gasteiger partial charge in [0.05, 0.1) is 13.7 Å². The molecule has 0 aliphatic rings. The molecule has 0 saturated heterocycles. The summed E-state index contributed by atoms with van der Waals surface area (Å²) in [7, 11) is 1.02. The van der Waals surface area contributed by atoms with E-state index in [-0.39, 0.29) is 5.56 Å². The van der Waals surface area contributed by atoms with Crippen molar-refractivity contribution in [2.75, 3.05) is 13.7 Å². The summed E-state index contributed by atoms with van der Waals surface area (Å²) in [6, 6.07) is 2.17. The molecule has 0 fully saturated rings. The number of rotatable bonds is 4. The van der Waals surface area contributed by atoms with Crippen LogP contribution in [0, 0.1) is 5.82 Å². The number of benzene rings is 1. The van der Waals surface area contributed by atoms with E-state index in [2.05, 4.69) is 20.7 Å². The van der Waals surface area contributed by atoms with Crippen LogP contribution in [-0.4, -0.2) is 25.8 Å². The van der Waals surface area contributed by atoms with Crippen molar-refractivity contribution in [3.05, 3.63) is 34.1 Å². The Morgan fingerprint density at radius 3 is 2.58 bits per heavy atom. The third kappa shape index (κ3) is 4.79. The first-order valence-corrected chi connectivity index (χ1v) is 5.87. The summed E-state index contributed by atoms with van der Waals surface area (Å²) in [5.41, 5.74) is -0.209. The molecular formula is C11H10BrF4NO2. The van der Waals surface area contributed by atoms with E-state index < -0.39 is 30.5 Å². The number of carbonyl (C=O) groups is 1. The molecule has 0 saturated carbocycles. The molecule has 19 heavy (non-hydrogen) atoms. The maximum atomic E-state index is 13.7. The maximum Gasteiger partial charge on any atom is 0.401 e. The zero-order valence-electron chi connectivity index (χ0n) is 9.72. The van der Waals surface area contributed by atoms with Crippen molar-refractivity contribution in [3.8, 4) is 0 Å². The van der Waals surface area contributed by atoms with Gasteiger partial charge in [0.25, 0.3) is 0 Å². The standard InChI is InChI=1S/C11H10BrF4NO2/c1-19-10(18)9(17-5-11(14,15)16)7-3-2-6(12)4-8(7)13/h2-4,9,17H,5H2,1H3. The number of halogens is 5. The lowest BCUT2D eigenvalue weighted by atomic mass is 10.1. The van der Waals surface area contributed by atoms with Gasteiger partial charge in [0, 0.05) is 10.0 Å². The van der Waals surface area contributed by atoms with Crippen LogP contribution in [0.3, 0.4) is 0 Å². The lowest BCUT2D eigenvalue weighted by Crippen LogP contribution is -2.37. The van der Waals surface area contributed by atoms with Crippen LogP contribution in [0.4, 0.5) is 17.6 Å². The number of carbonyl (C=O) groups excluding carboxylic acids is 1. The van der Waals surface area contributed by atoms with Crippen molar-refractivity contribution >= 4 is 21.9 Å². The fraction of sp³-hybridized carbons (Fsp3) is 0.364. The number of nitrogens with one attached hydrogen (secondary N) is 1. The van der Waals surface area contributed by atoms with Crippen LogP contribution < -0.4 is 5.32 Å². The highest BCUT2D eigenvalue weighted by atomic mass is 79.9. The van der Waals surface area contributed by atoms with Gasteiger partial charge in [-0.15, -0.1) is 0 Å². The summed E-state index contributed by atoms with van der Waals surface area (Å²) in [4.78, 5) is 11.4. The lowest BCUT2D eigenvalue weighted by molar-refractivity contribution is -0.146. The van der Waals surface area contributed by atoms with Crippen molar-refractivity contribution in [1.82, 2.24) is 5.32 Å². The first-order chi connectivity index (χ1) is 8.74. The number of methoxy groups -OCH3 is 1. The largest absolute Gasteiger partial charge is 0.468 e. The van der Waals surface area contributed by atoms with Gasteiger partial charge in [-0.05, 0) is 12.1 Å². The number of hydrogen-bond donors (Lipinski definition) is 1. The Balaban J connectivity index is 3.00. The van der Waals surface area contributed by atoms with E-state index in [0.29, 0.717) is 4.47 Å². The lowest BCUT2D eigenvalue weighted by Gasteiger charge is -2.18. The van der Waals surface area contributed by atoms with Crippen LogP contribution in [0.5, 0.6) is 0 Å². The van der Waals surface area contributed by atoms with E-state index in [0.717, 1.165) is 13.2 Å². The molecule has 3 nitrogen and oxygen atoms in total. The second kappa shape index (κ2) is 6.33. The van der Waals surface area contributed by atoms with Crippen LogP contribution in [0.1, 0.15) is 11.6 Å². The van der Waals surface area contributed by atoms with E-state index >= 15 is 0 Å². The Bertz CT molecular complexity index is 464. The highest BCUT2D eigenvalue weighted by Gasteiger charge is 2.32. The number of alkyl halides is 3. The fourth-order valence-corrected chi connectivity index (χ4v) is 1.72. The van der Waals surface area contributed by atoms with Crippen LogP contribution >= 0.6 is 15.9 Å². The molecule has 106 valence electrons.